The maximum absolute atomic E-state index is 10.3. The lowest BCUT2D eigenvalue weighted by atomic mass is 10.5. The van der Waals surface area contributed by atoms with Gasteiger partial charge in [0.1, 0.15) is 0 Å². The van der Waals surface area contributed by atoms with Gasteiger partial charge < -0.3 is 0 Å². The Morgan fingerprint density at radius 3 is 1.14 bits per heavy atom. The number of hydrogen-bond acceptors (Lipinski definition) is 4. The molecule has 2 aliphatic rings. The summed E-state index contributed by atoms with van der Waals surface area (Å²) in [6.45, 7) is 0. The van der Waals surface area contributed by atoms with Crippen molar-refractivity contribution < 1.29 is 16.8 Å². The van der Waals surface area contributed by atoms with Gasteiger partial charge in [0.05, 0.1) is 11.5 Å². The van der Waals surface area contributed by atoms with Crippen molar-refractivity contribution in [2.24, 2.45) is 0 Å². The summed E-state index contributed by atoms with van der Waals surface area (Å²) in [4.78, 5) is 0. The molecule has 4 nitrogen and oxygen atoms in total. The standard InChI is InChI=1S/2C4H6O2S/c2*5-7(6)3-1-2-4-7/h2*1,3H,2,4H2. The van der Waals surface area contributed by atoms with Gasteiger partial charge in [0, 0.05) is 10.8 Å². The van der Waals surface area contributed by atoms with Crippen LogP contribution in [0.4, 0.5) is 0 Å². The van der Waals surface area contributed by atoms with Crippen LogP contribution in [0.25, 0.3) is 0 Å². The van der Waals surface area contributed by atoms with Crippen molar-refractivity contribution in [1.29, 1.82) is 0 Å². The second-order valence-electron chi connectivity index (χ2n) is 3.05. The molecule has 6 heteroatoms. The Kier molecular flexibility index (Phi) is 3.49. The summed E-state index contributed by atoms with van der Waals surface area (Å²) < 4.78 is 41.4. The van der Waals surface area contributed by atoms with E-state index in [4.69, 9.17) is 0 Å². The minimum atomic E-state index is -2.73. The molecule has 0 bridgehead atoms. The molecule has 0 aliphatic carbocycles. The molecule has 2 rings (SSSR count). The van der Waals surface area contributed by atoms with E-state index in [0.717, 1.165) is 0 Å². The highest BCUT2D eigenvalue weighted by Crippen LogP contribution is 2.05. The predicted octanol–water partition coefficient (Wildman–Crippen LogP) is 0.637. The summed E-state index contributed by atoms with van der Waals surface area (Å²) in [5, 5.41) is 2.54. The van der Waals surface area contributed by atoms with Crippen molar-refractivity contribution >= 4 is 19.7 Å². The molecule has 80 valence electrons. The largest absolute Gasteiger partial charge is 0.224 e. The zero-order chi connectivity index (χ0) is 10.7. The first kappa shape index (κ1) is 11.5. The summed E-state index contributed by atoms with van der Waals surface area (Å²) in [6, 6.07) is 0. The molecule has 0 radical (unpaired) electrons. The molecule has 0 saturated heterocycles. The fourth-order valence-electron chi connectivity index (χ4n) is 1.03. The highest BCUT2D eigenvalue weighted by atomic mass is 32.2. The van der Waals surface area contributed by atoms with Crippen molar-refractivity contribution in [3.05, 3.63) is 23.0 Å². The first-order valence-corrected chi connectivity index (χ1v) is 7.63. The quantitative estimate of drug-likeness (QED) is 0.619. The molecule has 14 heavy (non-hydrogen) atoms. The van der Waals surface area contributed by atoms with E-state index >= 15 is 0 Å². The van der Waals surface area contributed by atoms with Crippen LogP contribution in [0.15, 0.2) is 23.0 Å². The third-order valence-electron chi connectivity index (χ3n) is 1.75. The van der Waals surface area contributed by atoms with Gasteiger partial charge in [-0.3, -0.25) is 0 Å². The molecule has 0 unspecified atom stereocenters. The van der Waals surface area contributed by atoms with E-state index in [1.165, 1.54) is 10.8 Å². The summed E-state index contributed by atoms with van der Waals surface area (Å²) in [5.41, 5.74) is 0. The van der Waals surface area contributed by atoms with E-state index in [-0.39, 0.29) is 0 Å². The van der Waals surface area contributed by atoms with Crippen LogP contribution in [0.3, 0.4) is 0 Å². The van der Waals surface area contributed by atoms with Gasteiger partial charge in [-0.1, -0.05) is 12.2 Å². The average molecular weight is 236 g/mol. The van der Waals surface area contributed by atoms with Crippen LogP contribution in [0.5, 0.6) is 0 Å². The average Bonchev–Trinajstić information content (AvgIpc) is 2.60. The number of rotatable bonds is 0. The summed E-state index contributed by atoms with van der Waals surface area (Å²) in [7, 11) is -5.45. The first-order valence-electron chi connectivity index (χ1n) is 4.20. The number of sulfone groups is 2. The van der Waals surface area contributed by atoms with Gasteiger partial charge in [-0.25, -0.2) is 16.8 Å². The Balaban J connectivity index is 0.000000140. The highest BCUT2D eigenvalue weighted by molar-refractivity contribution is 7.94. The topological polar surface area (TPSA) is 68.3 Å². The molecular formula is C8H12O4S2. The van der Waals surface area contributed by atoms with E-state index in [1.54, 1.807) is 12.2 Å². The Labute approximate surface area is 84.2 Å². The fourth-order valence-corrected chi connectivity index (χ4v) is 3.09. The Morgan fingerprint density at radius 1 is 0.714 bits per heavy atom. The molecule has 0 aromatic rings. The van der Waals surface area contributed by atoms with E-state index < -0.39 is 19.7 Å². The van der Waals surface area contributed by atoms with Gasteiger partial charge in [0.2, 0.25) is 0 Å². The zero-order valence-corrected chi connectivity index (χ0v) is 9.22. The molecule has 0 saturated carbocycles. The monoisotopic (exact) mass is 236 g/mol. The normalized spacial score (nSPS) is 25.7. The molecule has 2 aliphatic heterocycles. The smallest absolute Gasteiger partial charge is 0.171 e. The van der Waals surface area contributed by atoms with Crippen molar-refractivity contribution in [3.63, 3.8) is 0 Å². The lowest BCUT2D eigenvalue weighted by molar-refractivity contribution is 0.604. The zero-order valence-electron chi connectivity index (χ0n) is 7.59. The molecule has 0 atom stereocenters. The van der Waals surface area contributed by atoms with Crippen molar-refractivity contribution in [2.75, 3.05) is 11.5 Å². The molecule has 0 spiro atoms. The van der Waals surface area contributed by atoms with Crippen molar-refractivity contribution in [2.45, 2.75) is 12.8 Å². The second-order valence-corrected chi connectivity index (χ2v) is 7.07. The van der Waals surface area contributed by atoms with Crippen molar-refractivity contribution in [1.82, 2.24) is 0 Å². The second kappa shape index (κ2) is 4.27. The summed E-state index contributed by atoms with van der Waals surface area (Å²) in [6.07, 6.45) is 4.75. The van der Waals surface area contributed by atoms with Crippen LogP contribution < -0.4 is 0 Å². The van der Waals surface area contributed by atoms with Gasteiger partial charge in [0.25, 0.3) is 0 Å². The maximum atomic E-state index is 10.3. The predicted molar refractivity (Wildman–Crippen MR) is 55.1 cm³/mol. The first-order chi connectivity index (χ1) is 6.41. The van der Waals surface area contributed by atoms with Crippen molar-refractivity contribution in [3.8, 4) is 0 Å². The van der Waals surface area contributed by atoms with Crippen LogP contribution in [0.2, 0.25) is 0 Å². The lowest BCUT2D eigenvalue weighted by Gasteiger charge is -1.79. The van der Waals surface area contributed by atoms with E-state index in [1.807, 2.05) is 0 Å². The van der Waals surface area contributed by atoms with Crippen LogP contribution in [-0.4, -0.2) is 28.3 Å². The van der Waals surface area contributed by atoms with Crippen LogP contribution in [0, 0.1) is 0 Å². The van der Waals surface area contributed by atoms with E-state index in [0.29, 0.717) is 24.3 Å². The van der Waals surface area contributed by atoms with E-state index in [2.05, 4.69) is 0 Å². The molecule has 2 heterocycles. The van der Waals surface area contributed by atoms with Gasteiger partial charge in [-0.2, -0.15) is 0 Å². The van der Waals surface area contributed by atoms with Crippen LogP contribution in [0.1, 0.15) is 12.8 Å². The Hall–Kier alpha value is -0.620. The van der Waals surface area contributed by atoms with Gasteiger partial charge in [0.15, 0.2) is 19.7 Å². The van der Waals surface area contributed by atoms with Gasteiger partial charge >= 0.3 is 0 Å². The maximum Gasteiger partial charge on any atom is 0.171 e. The minimum absolute atomic E-state index is 0.312. The Bertz CT molecular complexity index is 396. The van der Waals surface area contributed by atoms with Crippen LogP contribution in [-0.2, 0) is 19.7 Å². The van der Waals surface area contributed by atoms with E-state index in [9.17, 15) is 16.8 Å². The highest BCUT2D eigenvalue weighted by Gasteiger charge is 2.09. The van der Waals surface area contributed by atoms with Crippen LogP contribution >= 0.6 is 0 Å². The third-order valence-corrected chi connectivity index (χ3v) is 4.57. The minimum Gasteiger partial charge on any atom is -0.224 e. The third kappa shape index (κ3) is 4.06. The van der Waals surface area contributed by atoms with Gasteiger partial charge in [-0.05, 0) is 12.8 Å². The molecule has 0 N–H and O–H groups in total. The lowest BCUT2D eigenvalue weighted by Crippen LogP contribution is -1.92. The molecule has 0 aromatic carbocycles. The summed E-state index contributed by atoms with van der Waals surface area (Å²) >= 11 is 0. The molecule has 0 aromatic heterocycles. The summed E-state index contributed by atoms with van der Waals surface area (Å²) in [5.74, 6) is 0.625. The Morgan fingerprint density at radius 2 is 1.07 bits per heavy atom. The SMILES string of the molecule is O=S1(=O)C=CCC1.O=S1(=O)C=CCC1. The molecular weight excluding hydrogens is 224 g/mol. The number of hydrogen-bond donors (Lipinski definition) is 0. The molecule has 0 amide bonds. The van der Waals surface area contributed by atoms with Gasteiger partial charge in [-0.15, -0.1) is 0 Å². The molecule has 0 fully saturated rings. The fraction of sp³-hybridized carbons (Fsp3) is 0.500. The number of allylic oxidation sites excluding steroid dienone is 2.